The third-order valence-corrected chi connectivity index (χ3v) is 5.39. The van der Waals surface area contributed by atoms with Gasteiger partial charge in [-0.2, -0.15) is 0 Å². The minimum atomic E-state index is -0.186. The van der Waals surface area contributed by atoms with Crippen LogP contribution in [0.4, 0.5) is 11.4 Å². The highest BCUT2D eigenvalue weighted by molar-refractivity contribution is 5.94. The number of ether oxygens (including phenoxy) is 2. The molecule has 1 aliphatic carbocycles. The van der Waals surface area contributed by atoms with Gasteiger partial charge in [0.25, 0.3) is 5.91 Å². The minimum absolute atomic E-state index is 0.114. The zero-order valence-corrected chi connectivity index (χ0v) is 19.3. The van der Waals surface area contributed by atoms with E-state index < -0.39 is 0 Å². The van der Waals surface area contributed by atoms with Crippen molar-refractivity contribution in [2.24, 2.45) is 0 Å². The standard InChI is InChI=1S/C25H31N3O5/c1-4-18-9-10-19(26-17(2)29)15-21(18)27-24(30)13-14-28(20-11-12-20)25(31)16-33-23-8-6-5-7-22(23)32-3/h5-10,15,20H,4,11-14,16H2,1-3H3,(H,26,29)(H,27,30). The molecule has 0 spiro atoms. The molecule has 0 atom stereocenters. The van der Waals surface area contributed by atoms with Crippen LogP contribution in [0.25, 0.3) is 0 Å². The van der Waals surface area contributed by atoms with Gasteiger partial charge in [0.2, 0.25) is 11.8 Å². The molecule has 3 rings (SSSR count). The van der Waals surface area contributed by atoms with Crippen LogP contribution in [-0.2, 0) is 20.8 Å². The first-order valence-corrected chi connectivity index (χ1v) is 11.2. The Balaban J connectivity index is 1.57. The van der Waals surface area contributed by atoms with Crippen LogP contribution in [0.2, 0.25) is 0 Å². The van der Waals surface area contributed by atoms with Gasteiger partial charge in [-0.1, -0.05) is 25.1 Å². The molecule has 1 saturated carbocycles. The van der Waals surface area contributed by atoms with E-state index in [0.717, 1.165) is 24.8 Å². The Bertz CT molecular complexity index is 1000. The second-order valence-corrected chi connectivity index (χ2v) is 7.96. The van der Waals surface area contributed by atoms with E-state index >= 15 is 0 Å². The molecule has 0 bridgehead atoms. The monoisotopic (exact) mass is 453 g/mol. The number of benzene rings is 2. The van der Waals surface area contributed by atoms with E-state index in [4.69, 9.17) is 9.47 Å². The molecule has 2 aromatic rings. The molecule has 2 aromatic carbocycles. The van der Waals surface area contributed by atoms with Gasteiger partial charge in [0.15, 0.2) is 18.1 Å². The highest BCUT2D eigenvalue weighted by Crippen LogP contribution is 2.29. The largest absolute Gasteiger partial charge is 0.493 e. The molecule has 176 valence electrons. The van der Waals surface area contributed by atoms with Gasteiger partial charge in [0.05, 0.1) is 7.11 Å². The minimum Gasteiger partial charge on any atom is -0.493 e. The maximum absolute atomic E-state index is 12.8. The Morgan fingerprint density at radius 3 is 2.42 bits per heavy atom. The summed E-state index contributed by atoms with van der Waals surface area (Å²) in [6, 6.07) is 12.8. The smallest absolute Gasteiger partial charge is 0.260 e. The zero-order valence-electron chi connectivity index (χ0n) is 19.3. The molecule has 0 saturated heterocycles. The molecular formula is C25H31N3O5. The summed E-state index contributed by atoms with van der Waals surface area (Å²) < 4.78 is 10.9. The SMILES string of the molecule is CCc1ccc(NC(C)=O)cc1NC(=O)CCN(C(=O)COc1ccccc1OC)C1CC1. The van der Waals surface area contributed by atoms with Crippen LogP contribution in [0.3, 0.4) is 0 Å². The lowest BCUT2D eigenvalue weighted by Gasteiger charge is -2.23. The molecule has 3 amide bonds. The lowest BCUT2D eigenvalue weighted by Crippen LogP contribution is -2.38. The number of hydrogen-bond donors (Lipinski definition) is 2. The average molecular weight is 454 g/mol. The number of rotatable bonds is 11. The van der Waals surface area contributed by atoms with Gasteiger partial charge in [-0.25, -0.2) is 0 Å². The third kappa shape index (κ3) is 6.97. The number of para-hydroxylation sites is 2. The van der Waals surface area contributed by atoms with E-state index in [-0.39, 0.29) is 36.8 Å². The van der Waals surface area contributed by atoms with Crippen LogP contribution < -0.4 is 20.1 Å². The van der Waals surface area contributed by atoms with E-state index in [1.165, 1.54) is 6.92 Å². The highest BCUT2D eigenvalue weighted by atomic mass is 16.5. The molecule has 33 heavy (non-hydrogen) atoms. The Kier molecular flexibility index (Phi) is 8.29. The quantitative estimate of drug-likeness (QED) is 0.542. The fraction of sp³-hybridized carbons (Fsp3) is 0.400. The van der Waals surface area contributed by atoms with Crippen molar-refractivity contribution in [2.45, 2.75) is 45.6 Å². The summed E-state index contributed by atoms with van der Waals surface area (Å²) in [5, 5.41) is 5.65. The summed E-state index contributed by atoms with van der Waals surface area (Å²) in [6.45, 7) is 3.64. The molecule has 0 heterocycles. The van der Waals surface area contributed by atoms with Gasteiger partial charge in [0.1, 0.15) is 0 Å². The van der Waals surface area contributed by atoms with E-state index in [9.17, 15) is 14.4 Å². The number of carbonyl (C=O) groups is 3. The number of hydrogen-bond acceptors (Lipinski definition) is 5. The van der Waals surface area contributed by atoms with Crippen molar-refractivity contribution in [3.05, 3.63) is 48.0 Å². The Labute approximate surface area is 194 Å². The van der Waals surface area contributed by atoms with Crippen LogP contribution in [0.5, 0.6) is 11.5 Å². The van der Waals surface area contributed by atoms with Gasteiger partial charge in [-0.05, 0) is 49.1 Å². The van der Waals surface area contributed by atoms with E-state index in [2.05, 4.69) is 10.6 Å². The highest BCUT2D eigenvalue weighted by Gasteiger charge is 2.33. The number of amides is 3. The Hall–Kier alpha value is -3.55. The predicted octanol–water partition coefficient (Wildman–Crippen LogP) is 3.61. The molecule has 1 fully saturated rings. The number of nitrogens with zero attached hydrogens (tertiary/aromatic N) is 1. The summed E-state index contributed by atoms with van der Waals surface area (Å²) in [5.41, 5.74) is 2.26. The Morgan fingerprint density at radius 2 is 1.79 bits per heavy atom. The first-order chi connectivity index (χ1) is 15.9. The number of nitrogens with one attached hydrogen (secondary N) is 2. The average Bonchev–Trinajstić information content (AvgIpc) is 3.63. The molecule has 0 radical (unpaired) electrons. The maximum Gasteiger partial charge on any atom is 0.260 e. The van der Waals surface area contributed by atoms with Crippen LogP contribution in [-0.4, -0.2) is 48.9 Å². The van der Waals surface area contributed by atoms with Crippen LogP contribution >= 0.6 is 0 Å². The van der Waals surface area contributed by atoms with Crippen molar-refractivity contribution in [2.75, 3.05) is 30.9 Å². The third-order valence-electron chi connectivity index (χ3n) is 5.39. The van der Waals surface area contributed by atoms with E-state index in [0.29, 0.717) is 29.4 Å². The molecule has 2 N–H and O–H groups in total. The topological polar surface area (TPSA) is 97.0 Å². The molecule has 0 aliphatic heterocycles. The van der Waals surface area contributed by atoms with Crippen LogP contribution in [0.15, 0.2) is 42.5 Å². The summed E-state index contributed by atoms with van der Waals surface area (Å²) in [6.07, 6.45) is 2.77. The van der Waals surface area contributed by atoms with Gasteiger partial charge in [-0.3, -0.25) is 14.4 Å². The van der Waals surface area contributed by atoms with E-state index in [1.807, 2.05) is 31.2 Å². The summed E-state index contributed by atoms with van der Waals surface area (Å²) in [7, 11) is 1.55. The molecule has 1 aliphatic rings. The molecule has 8 heteroatoms. The summed E-state index contributed by atoms with van der Waals surface area (Å²) in [5.74, 6) is 0.557. The summed E-state index contributed by atoms with van der Waals surface area (Å²) in [4.78, 5) is 38.5. The van der Waals surface area contributed by atoms with Gasteiger partial charge in [0, 0.05) is 37.3 Å². The molecular weight excluding hydrogens is 422 g/mol. The normalized spacial score (nSPS) is 12.6. The van der Waals surface area contributed by atoms with Crippen molar-refractivity contribution < 1.29 is 23.9 Å². The fourth-order valence-electron chi connectivity index (χ4n) is 3.57. The maximum atomic E-state index is 12.8. The van der Waals surface area contributed by atoms with Crippen LogP contribution in [0.1, 0.15) is 38.7 Å². The first-order valence-electron chi connectivity index (χ1n) is 11.2. The van der Waals surface area contributed by atoms with Crippen molar-refractivity contribution in [3.63, 3.8) is 0 Å². The number of carbonyl (C=O) groups excluding carboxylic acids is 3. The van der Waals surface area contributed by atoms with Gasteiger partial charge < -0.3 is 25.0 Å². The second-order valence-electron chi connectivity index (χ2n) is 7.96. The second kappa shape index (κ2) is 11.4. The molecule has 0 unspecified atom stereocenters. The van der Waals surface area contributed by atoms with Crippen LogP contribution in [0, 0.1) is 0 Å². The first kappa shape index (κ1) is 24.1. The van der Waals surface area contributed by atoms with Crippen molar-refractivity contribution in [3.8, 4) is 11.5 Å². The predicted molar refractivity (Wildman–Crippen MR) is 127 cm³/mol. The van der Waals surface area contributed by atoms with E-state index in [1.54, 1.807) is 30.2 Å². The van der Waals surface area contributed by atoms with Gasteiger partial charge in [-0.15, -0.1) is 0 Å². The molecule has 8 nitrogen and oxygen atoms in total. The summed E-state index contributed by atoms with van der Waals surface area (Å²) >= 11 is 0. The Morgan fingerprint density at radius 1 is 1.06 bits per heavy atom. The lowest BCUT2D eigenvalue weighted by molar-refractivity contribution is -0.134. The number of anilines is 2. The fourth-order valence-corrected chi connectivity index (χ4v) is 3.57. The number of methoxy groups -OCH3 is 1. The number of aryl methyl sites for hydroxylation is 1. The lowest BCUT2D eigenvalue weighted by atomic mass is 10.1. The van der Waals surface area contributed by atoms with Crippen molar-refractivity contribution >= 4 is 29.1 Å². The van der Waals surface area contributed by atoms with Gasteiger partial charge >= 0.3 is 0 Å². The van der Waals surface area contributed by atoms with Crippen molar-refractivity contribution in [1.82, 2.24) is 4.90 Å². The molecule has 0 aromatic heterocycles. The zero-order chi connectivity index (χ0) is 23.8. The van der Waals surface area contributed by atoms with Crippen molar-refractivity contribution in [1.29, 1.82) is 0 Å².